The van der Waals surface area contributed by atoms with Crippen molar-refractivity contribution in [2.24, 2.45) is 5.73 Å². The number of piperazine rings is 1. The zero-order chi connectivity index (χ0) is 46.5. The quantitative estimate of drug-likeness (QED) is 0.0618. The van der Waals surface area contributed by atoms with Crippen LogP contribution in [0.2, 0.25) is 5.02 Å². The van der Waals surface area contributed by atoms with Crippen LogP contribution in [0.1, 0.15) is 60.0 Å². The van der Waals surface area contributed by atoms with E-state index in [0.29, 0.717) is 65.2 Å². The van der Waals surface area contributed by atoms with E-state index in [-0.39, 0.29) is 35.6 Å². The number of nitrogens with zero attached hydrogens (tertiary/aromatic N) is 6. The number of methoxy groups -OCH3 is 1. The van der Waals surface area contributed by atoms with E-state index in [1.54, 1.807) is 31.4 Å². The number of ether oxygens (including phenoxy) is 2. The van der Waals surface area contributed by atoms with Gasteiger partial charge < -0.3 is 45.1 Å². The number of para-hydroxylation sites is 1. The first-order valence-electron chi connectivity index (χ1n) is 22.6. The molecule has 4 amide bonds. The first kappa shape index (κ1) is 46.8. The number of halogens is 1. The summed E-state index contributed by atoms with van der Waals surface area (Å²) in [5, 5.41) is 9.80. The second-order valence-electron chi connectivity index (χ2n) is 17.7. The zero-order valence-electron chi connectivity index (χ0n) is 37.7. The summed E-state index contributed by atoms with van der Waals surface area (Å²) in [5.41, 5.74) is 10.0. The van der Waals surface area contributed by atoms with E-state index in [4.69, 9.17) is 26.8 Å². The number of fused-ring (bicyclic) bond motifs is 1. The first-order chi connectivity index (χ1) is 31.7. The van der Waals surface area contributed by atoms with Crippen molar-refractivity contribution in [3.05, 3.63) is 82.5 Å². The molecule has 4 aliphatic heterocycles. The highest BCUT2D eigenvalue weighted by Gasteiger charge is 2.40. The fourth-order valence-corrected chi connectivity index (χ4v) is 10.7. The van der Waals surface area contributed by atoms with E-state index in [1.165, 1.54) is 6.20 Å². The number of aromatic nitrogens is 2. The number of imide groups is 1. The maximum absolute atomic E-state index is 13.2. The Morgan fingerprint density at radius 2 is 1.71 bits per heavy atom. The lowest BCUT2D eigenvalue weighted by Gasteiger charge is -2.43. The van der Waals surface area contributed by atoms with Gasteiger partial charge in [-0.25, -0.2) is 4.98 Å². The summed E-state index contributed by atoms with van der Waals surface area (Å²) >= 11 is 6.52. The highest BCUT2D eigenvalue weighted by atomic mass is 35.5. The highest BCUT2D eigenvalue weighted by Crippen LogP contribution is 2.40. The minimum absolute atomic E-state index is 0.0433. The van der Waals surface area contributed by atoms with Gasteiger partial charge in [0.05, 0.1) is 44.3 Å². The monoisotopic (exact) mass is 940 g/mol. The van der Waals surface area contributed by atoms with Crippen molar-refractivity contribution in [3.8, 4) is 11.5 Å². The fraction of sp³-hybridized carbons (Fsp3) is 0.447. The lowest BCUT2D eigenvalue weighted by molar-refractivity contribution is -0.137. The van der Waals surface area contributed by atoms with Crippen molar-refractivity contribution in [2.45, 2.75) is 63.6 Å². The third-order valence-electron chi connectivity index (χ3n) is 12.9. The van der Waals surface area contributed by atoms with Crippen molar-refractivity contribution >= 4 is 76.5 Å². The Morgan fingerprint density at radius 1 is 0.939 bits per heavy atom. The topological polar surface area (TPSA) is 205 Å². The predicted molar refractivity (Wildman–Crippen MR) is 255 cm³/mol. The molecule has 0 radical (unpaired) electrons. The van der Waals surface area contributed by atoms with Gasteiger partial charge in [0.2, 0.25) is 23.7 Å². The molecule has 17 nitrogen and oxygen atoms in total. The lowest BCUT2D eigenvalue weighted by Crippen LogP contribution is -2.53. The Hall–Kier alpha value is -5.74. The number of piperidine rings is 2. The van der Waals surface area contributed by atoms with Crippen LogP contribution in [0.25, 0.3) is 0 Å². The maximum Gasteiger partial charge on any atom is 0.255 e. The van der Waals surface area contributed by atoms with Gasteiger partial charge in [-0.15, -0.1) is 0 Å². The average Bonchev–Trinajstić information content (AvgIpc) is 3.63. The summed E-state index contributed by atoms with van der Waals surface area (Å²) in [4.78, 5) is 67.7. The molecule has 3 fully saturated rings. The first-order valence-corrected chi connectivity index (χ1v) is 25.5. The molecule has 4 aliphatic rings. The highest BCUT2D eigenvalue weighted by molar-refractivity contribution is 7.70. The van der Waals surface area contributed by atoms with Gasteiger partial charge in [-0.3, -0.25) is 29.4 Å². The zero-order valence-corrected chi connectivity index (χ0v) is 39.3. The van der Waals surface area contributed by atoms with Crippen molar-refractivity contribution in [2.75, 3.05) is 88.4 Å². The number of unbranched alkanes of at least 4 members (excludes halogenated alkanes) is 1. The standard InChI is InChI=1S/C47H58ClN10O7P/c1-64-40-27-38(30(26-42(49)59)25-36(40)52-47-50-28-34(48)44(54-47)51-35-10-4-5-12-41(35)66(2,3)63)57-18-15-31(16-19-57)56-22-20-55(21-23-56)17-6-7-24-65-39-11-8-9-32-33(39)29-58(46(32)62)37-13-14-43(60)53-45(37)61/h4-5,8-12,25,27-28,31,37H,6-7,13-24,26,29H2,1-3H3,(H2,49,59)(H,53,60,61)(H2,50,51,52,54). The predicted octanol–water partition coefficient (Wildman–Crippen LogP) is 5.11. The Balaban J connectivity index is 0.811. The number of carbonyl (C=O) groups excluding carboxylic acids is 4. The molecule has 1 aromatic heterocycles. The molecule has 5 heterocycles. The van der Waals surface area contributed by atoms with Crippen LogP contribution in [-0.4, -0.2) is 133 Å². The summed E-state index contributed by atoms with van der Waals surface area (Å²) in [6.07, 6.45) is 5.91. The molecule has 350 valence electrons. The van der Waals surface area contributed by atoms with E-state index >= 15 is 0 Å². The number of anilines is 5. The number of amides is 4. The van der Waals surface area contributed by atoms with Crippen LogP contribution in [0.3, 0.4) is 0 Å². The fourth-order valence-electron chi connectivity index (χ4n) is 9.45. The van der Waals surface area contributed by atoms with Gasteiger partial charge in [0, 0.05) is 79.9 Å². The number of hydrogen-bond acceptors (Lipinski definition) is 14. The van der Waals surface area contributed by atoms with Gasteiger partial charge in [-0.2, -0.15) is 4.98 Å². The van der Waals surface area contributed by atoms with Crippen molar-refractivity contribution < 1.29 is 33.2 Å². The minimum Gasteiger partial charge on any atom is -0.494 e. The van der Waals surface area contributed by atoms with E-state index in [9.17, 15) is 23.7 Å². The van der Waals surface area contributed by atoms with Gasteiger partial charge >= 0.3 is 0 Å². The molecule has 0 saturated carbocycles. The van der Waals surface area contributed by atoms with Gasteiger partial charge in [0.15, 0.2) is 5.82 Å². The van der Waals surface area contributed by atoms with Crippen LogP contribution in [-0.2, 0) is 31.9 Å². The maximum atomic E-state index is 13.2. The van der Waals surface area contributed by atoms with Crippen LogP contribution >= 0.6 is 18.7 Å². The third kappa shape index (κ3) is 10.8. The van der Waals surface area contributed by atoms with E-state index in [2.05, 4.69) is 40.6 Å². The number of rotatable bonds is 17. The number of nitrogens with one attached hydrogen (secondary N) is 3. The van der Waals surface area contributed by atoms with Gasteiger partial charge in [0.1, 0.15) is 29.7 Å². The molecule has 66 heavy (non-hydrogen) atoms. The second-order valence-corrected chi connectivity index (χ2v) is 21.3. The summed E-state index contributed by atoms with van der Waals surface area (Å²) < 4.78 is 25.0. The smallest absolute Gasteiger partial charge is 0.255 e. The lowest BCUT2D eigenvalue weighted by atomic mass is 9.99. The summed E-state index contributed by atoms with van der Waals surface area (Å²) in [6.45, 7) is 10.9. The van der Waals surface area contributed by atoms with Crippen molar-refractivity contribution in [3.63, 3.8) is 0 Å². The van der Waals surface area contributed by atoms with Crippen LogP contribution in [0.4, 0.5) is 28.8 Å². The Bertz CT molecular complexity index is 2520. The van der Waals surface area contributed by atoms with Crippen LogP contribution in [0.5, 0.6) is 11.5 Å². The summed E-state index contributed by atoms with van der Waals surface area (Å²) in [7, 11) is -1.01. The van der Waals surface area contributed by atoms with Gasteiger partial charge in [0.25, 0.3) is 5.91 Å². The molecule has 1 atom stereocenters. The molecule has 3 aromatic carbocycles. The molecule has 0 aliphatic carbocycles. The number of hydrogen-bond donors (Lipinski definition) is 4. The number of nitrogens with two attached hydrogens (primary N) is 1. The van der Waals surface area contributed by atoms with Crippen LogP contribution in [0, 0.1) is 0 Å². The normalized spacial score (nSPS) is 18.5. The van der Waals surface area contributed by atoms with E-state index < -0.39 is 25.0 Å². The van der Waals surface area contributed by atoms with Gasteiger partial charge in [-0.1, -0.05) is 29.8 Å². The Kier molecular flexibility index (Phi) is 14.5. The van der Waals surface area contributed by atoms with E-state index in [0.717, 1.165) is 88.3 Å². The molecule has 4 aromatic rings. The second kappa shape index (κ2) is 20.4. The Morgan fingerprint density at radius 3 is 2.44 bits per heavy atom. The SMILES string of the molecule is COc1cc(N2CCC(N3CCN(CCCCOc4cccc5c4CN(C4CCC(=O)NC4=O)C5=O)CC3)CC2)c(CC(N)=O)cc1Nc1ncc(Cl)c(Nc2ccccc2P(C)(C)=O)n1. The molecule has 1 unspecified atom stereocenters. The molecule has 5 N–H and O–H groups in total. The van der Waals surface area contributed by atoms with Crippen molar-refractivity contribution in [1.29, 1.82) is 0 Å². The van der Waals surface area contributed by atoms with Crippen LogP contribution < -0.4 is 41.4 Å². The Labute approximate surface area is 390 Å². The number of primary amides is 1. The van der Waals surface area contributed by atoms with E-state index in [1.807, 2.05) is 48.5 Å². The number of benzene rings is 3. The van der Waals surface area contributed by atoms with Gasteiger partial charge in [-0.05, 0) is 87.9 Å². The van der Waals surface area contributed by atoms with Crippen molar-refractivity contribution in [1.82, 2.24) is 30.0 Å². The molecule has 19 heteroatoms. The summed E-state index contributed by atoms with van der Waals surface area (Å²) in [6, 6.07) is 16.4. The molecule has 3 saturated heterocycles. The molecular weight excluding hydrogens is 883 g/mol. The molecular formula is C47H58ClN10O7P. The minimum atomic E-state index is -2.60. The molecule has 0 bridgehead atoms. The summed E-state index contributed by atoms with van der Waals surface area (Å²) in [5.74, 6) is 0.440. The average molecular weight is 941 g/mol. The molecule has 8 rings (SSSR count). The van der Waals surface area contributed by atoms with Crippen LogP contribution in [0.15, 0.2) is 60.8 Å². The third-order valence-corrected chi connectivity index (χ3v) is 14.7. The largest absolute Gasteiger partial charge is 0.494 e. The number of carbonyl (C=O) groups is 4. The molecule has 0 spiro atoms.